The van der Waals surface area contributed by atoms with Gasteiger partial charge in [0.1, 0.15) is 13.2 Å². The van der Waals surface area contributed by atoms with E-state index in [1.807, 2.05) is 31.2 Å². The molecule has 2 aromatic rings. The molecule has 0 atom stereocenters. The SMILES string of the molecule is Cc1ccc(CN(C)C(=O)CCCN(c2ccc3c(c2)OCCO3)S(C)(=O)=O)cc1. The number of benzene rings is 2. The Labute approximate surface area is 178 Å². The Morgan fingerprint density at radius 1 is 1.03 bits per heavy atom. The van der Waals surface area contributed by atoms with Crippen molar-refractivity contribution in [1.29, 1.82) is 0 Å². The van der Waals surface area contributed by atoms with Gasteiger partial charge in [0.2, 0.25) is 15.9 Å². The highest BCUT2D eigenvalue weighted by atomic mass is 32.2. The lowest BCUT2D eigenvalue weighted by Crippen LogP contribution is -2.32. The highest BCUT2D eigenvalue weighted by Crippen LogP contribution is 2.34. The first kappa shape index (κ1) is 22.0. The van der Waals surface area contributed by atoms with Gasteiger partial charge in [-0.15, -0.1) is 0 Å². The fourth-order valence-electron chi connectivity index (χ4n) is 3.29. The van der Waals surface area contributed by atoms with E-state index in [1.165, 1.54) is 9.87 Å². The first-order chi connectivity index (χ1) is 14.2. The van der Waals surface area contributed by atoms with E-state index >= 15 is 0 Å². The summed E-state index contributed by atoms with van der Waals surface area (Å²) >= 11 is 0. The van der Waals surface area contributed by atoms with Crippen LogP contribution in [0.15, 0.2) is 42.5 Å². The minimum absolute atomic E-state index is 0.0220. The van der Waals surface area contributed by atoms with E-state index in [1.54, 1.807) is 30.1 Å². The van der Waals surface area contributed by atoms with Crippen LogP contribution in [0.2, 0.25) is 0 Å². The number of ether oxygens (including phenoxy) is 2. The zero-order valence-corrected chi connectivity index (χ0v) is 18.4. The molecule has 162 valence electrons. The lowest BCUT2D eigenvalue weighted by atomic mass is 10.1. The van der Waals surface area contributed by atoms with Gasteiger partial charge in [0.15, 0.2) is 11.5 Å². The van der Waals surface area contributed by atoms with Gasteiger partial charge in [-0.2, -0.15) is 0 Å². The van der Waals surface area contributed by atoms with E-state index in [4.69, 9.17) is 9.47 Å². The molecule has 0 unspecified atom stereocenters. The number of carbonyl (C=O) groups excluding carboxylic acids is 1. The second-order valence-electron chi connectivity index (χ2n) is 7.50. The summed E-state index contributed by atoms with van der Waals surface area (Å²) in [4.78, 5) is 14.2. The van der Waals surface area contributed by atoms with Crippen LogP contribution in [0.4, 0.5) is 5.69 Å². The maximum Gasteiger partial charge on any atom is 0.232 e. The van der Waals surface area contributed by atoms with Gasteiger partial charge in [-0.1, -0.05) is 29.8 Å². The quantitative estimate of drug-likeness (QED) is 0.641. The maximum absolute atomic E-state index is 12.5. The van der Waals surface area contributed by atoms with Gasteiger partial charge >= 0.3 is 0 Å². The summed E-state index contributed by atoms with van der Waals surface area (Å²) in [5.74, 6) is 1.11. The van der Waals surface area contributed by atoms with Gasteiger partial charge in [-0.05, 0) is 31.0 Å². The van der Waals surface area contributed by atoms with Crippen molar-refractivity contribution in [2.45, 2.75) is 26.3 Å². The molecule has 0 N–H and O–H groups in total. The summed E-state index contributed by atoms with van der Waals surface area (Å²) in [6.07, 6.45) is 1.84. The van der Waals surface area contributed by atoms with Gasteiger partial charge in [0.25, 0.3) is 0 Å². The van der Waals surface area contributed by atoms with Gasteiger partial charge in [0, 0.05) is 32.6 Å². The highest BCUT2D eigenvalue weighted by molar-refractivity contribution is 7.92. The normalized spacial score (nSPS) is 13.0. The molecule has 1 heterocycles. The molecule has 0 aromatic heterocycles. The smallest absolute Gasteiger partial charge is 0.232 e. The van der Waals surface area contributed by atoms with Gasteiger partial charge in [-0.3, -0.25) is 9.10 Å². The Morgan fingerprint density at radius 2 is 1.70 bits per heavy atom. The van der Waals surface area contributed by atoms with Crippen LogP contribution < -0.4 is 13.8 Å². The zero-order chi connectivity index (χ0) is 21.7. The molecule has 30 heavy (non-hydrogen) atoms. The zero-order valence-electron chi connectivity index (χ0n) is 17.6. The minimum Gasteiger partial charge on any atom is -0.486 e. The number of aryl methyl sites for hydroxylation is 1. The molecule has 1 aliphatic heterocycles. The topological polar surface area (TPSA) is 76.2 Å². The molecule has 0 bridgehead atoms. The van der Waals surface area contributed by atoms with Crippen LogP contribution in [0.5, 0.6) is 11.5 Å². The van der Waals surface area contributed by atoms with Crippen LogP contribution in [0, 0.1) is 6.92 Å². The van der Waals surface area contributed by atoms with Crippen LogP contribution in [0.3, 0.4) is 0 Å². The number of nitrogens with zero attached hydrogens (tertiary/aromatic N) is 2. The summed E-state index contributed by atoms with van der Waals surface area (Å²) in [7, 11) is -1.74. The molecule has 3 rings (SSSR count). The number of hydrogen-bond acceptors (Lipinski definition) is 5. The predicted octanol–water partition coefficient (Wildman–Crippen LogP) is 2.97. The molecule has 0 aliphatic carbocycles. The molecular weight excluding hydrogens is 404 g/mol. The maximum atomic E-state index is 12.5. The number of sulfonamides is 1. The summed E-state index contributed by atoms with van der Waals surface area (Å²) < 4.78 is 37.0. The van der Waals surface area contributed by atoms with Gasteiger partial charge in [-0.25, -0.2) is 8.42 Å². The molecule has 0 radical (unpaired) electrons. The van der Waals surface area contributed by atoms with Crippen molar-refractivity contribution in [3.05, 3.63) is 53.6 Å². The highest BCUT2D eigenvalue weighted by Gasteiger charge is 2.21. The summed E-state index contributed by atoms with van der Waals surface area (Å²) in [5.41, 5.74) is 2.74. The number of carbonyl (C=O) groups is 1. The van der Waals surface area contributed by atoms with E-state index in [-0.39, 0.29) is 18.9 Å². The Hall–Kier alpha value is -2.74. The van der Waals surface area contributed by atoms with Crippen molar-refractivity contribution < 1.29 is 22.7 Å². The van der Waals surface area contributed by atoms with Crippen molar-refractivity contribution in [2.24, 2.45) is 0 Å². The van der Waals surface area contributed by atoms with E-state index < -0.39 is 10.0 Å². The van der Waals surface area contributed by atoms with Gasteiger partial charge in [0.05, 0.1) is 11.9 Å². The minimum atomic E-state index is -3.50. The van der Waals surface area contributed by atoms with E-state index in [0.717, 1.165) is 11.8 Å². The summed E-state index contributed by atoms with van der Waals surface area (Å²) in [5, 5.41) is 0. The fraction of sp³-hybridized carbons (Fsp3) is 0.409. The number of rotatable bonds is 8. The number of fused-ring (bicyclic) bond motifs is 1. The predicted molar refractivity (Wildman–Crippen MR) is 117 cm³/mol. The molecule has 1 aliphatic rings. The average Bonchev–Trinajstić information content (AvgIpc) is 2.71. The van der Waals surface area contributed by atoms with Crippen LogP contribution in [0.1, 0.15) is 24.0 Å². The first-order valence-electron chi connectivity index (χ1n) is 9.91. The number of anilines is 1. The molecule has 2 aromatic carbocycles. The Kier molecular flexibility index (Phi) is 6.87. The van der Waals surface area contributed by atoms with Crippen molar-refractivity contribution in [1.82, 2.24) is 4.90 Å². The largest absolute Gasteiger partial charge is 0.486 e. The molecule has 7 nitrogen and oxygen atoms in total. The van der Waals surface area contributed by atoms with Crippen LogP contribution in [-0.2, 0) is 21.4 Å². The fourth-order valence-corrected chi connectivity index (χ4v) is 4.25. The van der Waals surface area contributed by atoms with Crippen molar-refractivity contribution in [2.75, 3.05) is 37.4 Å². The molecule has 0 saturated heterocycles. The van der Waals surface area contributed by atoms with E-state index in [9.17, 15) is 13.2 Å². The molecule has 1 amide bonds. The Bertz CT molecular complexity index is 989. The monoisotopic (exact) mass is 432 g/mol. The van der Waals surface area contributed by atoms with Gasteiger partial charge < -0.3 is 14.4 Å². The molecular formula is C22H28N2O5S. The van der Waals surface area contributed by atoms with Crippen LogP contribution in [-0.4, -0.2) is 52.3 Å². The summed E-state index contributed by atoms with van der Waals surface area (Å²) in [6.45, 7) is 3.66. The second-order valence-corrected chi connectivity index (χ2v) is 9.41. The molecule has 0 spiro atoms. The third-order valence-electron chi connectivity index (χ3n) is 4.93. The number of hydrogen-bond donors (Lipinski definition) is 0. The summed E-state index contributed by atoms with van der Waals surface area (Å²) in [6, 6.07) is 13.1. The van der Waals surface area contributed by atoms with Crippen molar-refractivity contribution in [3.63, 3.8) is 0 Å². The lowest BCUT2D eigenvalue weighted by molar-refractivity contribution is -0.130. The van der Waals surface area contributed by atoms with E-state index in [0.29, 0.717) is 43.4 Å². The third-order valence-corrected chi connectivity index (χ3v) is 6.13. The Morgan fingerprint density at radius 3 is 2.37 bits per heavy atom. The third kappa shape index (κ3) is 5.66. The average molecular weight is 433 g/mol. The van der Waals surface area contributed by atoms with Crippen molar-refractivity contribution >= 4 is 21.6 Å². The molecule has 0 saturated carbocycles. The van der Waals surface area contributed by atoms with E-state index in [2.05, 4.69) is 0 Å². The van der Waals surface area contributed by atoms with Crippen molar-refractivity contribution in [3.8, 4) is 11.5 Å². The number of amides is 1. The second kappa shape index (κ2) is 9.38. The van der Waals surface area contributed by atoms with Crippen LogP contribution in [0.25, 0.3) is 0 Å². The lowest BCUT2D eigenvalue weighted by Gasteiger charge is -2.25. The standard InChI is InChI=1S/C22H28N2O5S/c1-17-6-8-18(9-7-17)16-23(2)22(25)5-4-12-24(30(3,26)27)19-10-11-20-21(15-19)29-14-13-28-20/h6-11,15H,4-5,12-14,16H2,1-3H3. The Balaban J connectivity index is 1.60. The molecule has 0 fully saturated rings. The first-order valence-corrected chi connectivity index (χ1v) is 11.8. The molecule has 8 heteroatoms. The van der Waals surface area contributed by atoms with Crippen LogP contribution >= 0.6 is 0 Å².